The molecule has 0 saturated heterocycles. The molecule has 0 aromatic heterocycles. The van der Waals surface area contributed by atoms with E-state index in [0.717, 1.165) is 21.7 Å². The SMILES string of the molecule is O=C(c1cccc(-c2ccccc2)c1)N1CCS(=O)c2ccccc21. The van der Waals surface area contributed by atoms with Crippen LogP contribution in [0.15, 0.2) is 83.8 Å². The fourth-order valence-electron chi connectivity index (χ4n) is 3.11. The maximum Gasteiger partial charge on any atom is 0.258 e. The summed E-state index contributed by atoms with van der Waals surface area (Å²) in [5, 5.41) is 0. The third kappa shape index (κ3) is 3.01. The van der Waals surface area contributed by atoms with E-state index >= 15 is 0 Å². The van der Waals surface area contributed by atoms with Gasteiger partial charge in [0.05, 0.1) is 21.4 Å². The molecule has 1 amide bonds. The van der Waals surface area contributed by atoms with Crippen molar-refractivity contribution in [3.8, 4) is 11.1 Å². The van der Waals surface area contributed by atoms with E-state index in [-0.39, 0.29) is 5.91 Å². The van der Waals surface area contributed by atoms with Crippen molar-refractivity contribution in [3.05, 3.63) is 84.4 Å². The lowest BCUT2D eigenvalue weighted by atomic mass is 10.0. The second-order valence-corrected chi connectivity index (χ2v) is 7.46. The summed E-state index contributed by atoms with van der Waals surface area (Å²) >= 11 is 0. The number of rotatable bonds is 2. The Labute approximate surface area is 149 Å². The molecular formula is C21H17NO2S. The summed E-state index contributed by atoms with van der Waals surface area (Å²) in [5.41, 5.74) is 3.49. The molecule has 0 N–H and O–H groups in total. The minimum atomic E-state index is -1.04. The quantitative estimate of drug-likeness (QED) is 0.699. The zero-order chi connectivity index (χ0) is 17.2. The predicted molar refractivity (Wildman–Crippen MR) is 101 cm³/mol. The molecule has 0 bridgehead atoms. The van der Waals surface area contributed by atoms with Gasteiger partial charge in [-0.05, 0) is 35.4 Å². The predicted octanol–water partition coefficient (Wildman–Crippen LogP) is 4.12. The van der Waals surface area contributed by atoms with Gasteiger partial charge in [-0.25, -0.2) is 0 Å². The monoisotopic (exact) mass is 347 g/mol. The summed E-state index contributed by atoms with van der Waals surface area (Å²) in [4.78, 5) is 15.6. The van der Waals surface area contributed by atoms with Gasteiger partial charge in [-0.2, -0.15) is 0 Å². The molecule has 25 heavy (non-hydrogen) atoms. The van der Waals surface area contributed by atoms with Crippen LogP contribution in [0.5, 0.6) is 0 Å². The minimum absolute atomic E-state index is 0.0538. The van der Waals surface area contributed by atoms with Crippen LogP contribution in [0.3, 0.4) is 0 Å². The Morgan fingerprint density at radius 3 is 2.40 bits per heavy atom. The topological polar surface area (TPSA) is 37.4 Å². The number of amides is 1. The Balaban J connectivity index is 1.71. The van der Waals surface area contributed by atoms with Crippen LogP contribution in [0, 0.1) is 0 Å². The van der Waals surface area contributed by atoms with Crippen LogP contribution < -0.4 is 4.90 Å². The fourth-order valence-corrected chi connectivity index (χ4v) is 4.32. The molecular weight excluding hydrogens is 330 g/mol. The van der Waals surface area contributed by atoms with Crippen molar-refractivity contribution in [1.29, 1.82) is 0 Å². The van der Waals surface area contributed by atoms with Crippen LogP contribution in [0.1, 0.15) is 10.4 Å². The number of nitrogens with zero attached hydrogens (tertiary/aromatic N) is 1. The first-order valence-corrected chi connectivity index (χ1v) is 9.51. The van der Waals surface area contributed by atoms with Crippen LogP contribution in [0.2, 0.25) is 0 Å². The van der Waals surface area contributed by atoms with Gasteiger partial charge in [0.2, 0.25) is 0 Å². The normalized spacial score (nSPS) is 16.3. The standard InChI is InChI=1S/C21H17NO2S/c23-21(22-13-14-25(24)20-12-5-4-11-19(20)22)18-10-6-9-17(15-18)16-7-2-1-3-8-16/h1-12,15H,13-14H2. The fraction of sp³-hybridized carbons (Fsp3) is 0.0952. The average molecular weight is 347 g/mol. The van der Waals surface area contributed by atoms with Gasteiger partial charge in [0.25, 0.3) is 5.91 Å². The highest BCUT2D eigenvalue weighted by atomic mass is 32.2. The third-order valence-corrected chi connectivity index (χ3v) is 5.75. The molecule has 124 valence electrons. The van der Waals surface area contributed by atoms with E-state index in [9.17, 15) is 9.00 Å². The summed E-state index contributed by atoms with van der Waals surface area (Å²) in [7, 11) is -1.04. The molecule has 3 aromatic rings. The van der Waals surface area contributed by atoms with Gasteiger partial charge in [-0.1, -0.05) is 54.6 Å². The molecule has 4 rings (SSSR count). The largest absolute Gasteiger partial charge is 0.306 e. The Hall–Kier alpha value is -2.72. The van der Waals surface area contributed by atoms with Crippen LogP contribution >= 0.6 is 0 Å². The van der Waals surface area contributed by atoms with Crippen molar-refractivity contribution in [3.63, 3.8) is 0 Å². The summed E-state index contributed by atoms with van der Waals surface area (Å²) in [6.07, 6.45) is 0. The van der Waals surface area contributed by atoms with E-state index in [1.165, 1.54) is 0 Å². The van der Waals surface area contributed by atoms with Crippen molar-refractivity contribution >= 4 is 22.4 Å². The number of fused-ring (bicyclic) bond motifs is 1. The molecule has 3 aromatic carbocycles. The van der Waals surface area contributed by atoms with Gasteiger partial charge in [-0.15, -0.1) is 0 Å². The molecule has 0 spiro atoms. The van der Waals surface area contributed by atoms with Crippen LogP contribution in [-0.2, 0) is 10.8 Å². The molecule has 1 aliphatic heterocycles. The lowest BCUT2D eigenvalue weighted by Crippen LogP contribution is -2.38. The van der Waals surface area contributed by atoms with E-state index in [1.54, 1.807) is 4.90 Å². The second kappa shape index (κ2) is 6.65. The number of benzene rings is 3. The van der Waals surface area contributed by atoms with Crippen LogP contribution in [0.25, 0.3) is 11.1 Å². The molecule has 1 aliphatic rings. The van der Waals surface area contributed by atoms with Crippen molar-refractivity contribution < 1.29 is 9.00 Å². The van der Waals surface area contributed by atoms with E-state index < -0.39 is 10.8 Å². The van der Waals surface area contributed by atoms with E-state index in [0.29, 0.717) is 17.9 Å². The number of hydrogen-bond acceptors (Lipinski definition) is 2. The zero-order valence-electron chi connectivity index (χ0n) is 13.6. The number of carbonyl (C=O) groups is 1. The highest BCUT2D eigenvalue weighted by Crippen LogP contribution is 2.30. The summed E-state index contributed by atoms with van der Waals surface area (Å²) < 4.78 is 12.2. The van der Waals surface area contributed by atoms with Crippen LogP contribution in [0.4, 0.5) is 5.69 Å². The Morgan fingerprint density at radius 1 is 0.840 bits per heavy atom. The summed E-state index contributed by atoms with van der Waals surface area (Å²) in [6.45, 7) is 0.470. The molecule has 0 fully saturated rings. The lowest BCUT2D eigenvalue weighted by molar-refractivity contribution is 0.0987. The number of hydrogen-bond donors (Lipinski definition) is 0. The van der Waals surface area contributed by atoms with E-state index in [4.69, 9.17) is 0 Å². The first-order chi connectivity index (χ1) is 12.2. The molecule has 1 atom stereocenters. The van der Waals surface area contributed by atoms with E-state index in [1.807, 2.05) is 78.9 Å². The van der Waals surface area contributed by atoms with Gasteiger partial charge < -0.3 is 4.90 Å². The molecule has 3 nitrogen and oxygen atoms in total. The first kappa shape index (κ1) is 15.8. The van der Waals surface area contributed by atoms with Crippen molar-refractivity contribution in [2.45, 2.75) is 4.90 Å². The highest BCUT2D eigenvalue weighted by Gasteiger charge is 2.27. The number of anilines is 1. The van der Waals surface area contributed by atoms with Gasteiger partial charge in [-0.3, -0.25) is 9.00 Å². The Morgan fingerprint density at radius 2 is 1.56 bits per heavy atom. The average Bonchev–Trinajstić information content (AvgIpc) is 2.69. The van der Waals surface area contributed by atoms with Gasteiger partial charge in [0.1, 0.15) is 0 Å². The molecule has 0 aliphatic carbocycles. The van der Waals surface area contributed by atoms with Gasteiger partial charge in [0, 0.05) is 17.9 Å². The summed E-state index contributed by atoms with van der Waals surface area (Å²) in [5.74, 6) is 0.420. The molecule has 1 heterocycles. The molecule has 0 radical (unpaired) electrons. The Bertz CT molecular complexity index is 953. The van der Waals surface area contributed by atoms with Gasteiger partial charge in [0.15, 0.2) is 0 Å². The summed E-state index contributed by atoms with van der Waals surface area (Å²) in [6, 6.07) is 25.1. The highest BCUT2D eigenvalue weighted by molar-refractivity contribution is 7.85. The first-order valence-electron chi connectivity index (χ1n) is 8.19. The van der Waals surface area contributed by atoms with E-state index in [2.05, 4.69) is 0 Å². The molecule has 0 saturated carbocycles. The zero-order valence-corrected chi connectivity index (χ0v) is 14.4. The number of para-hydroxylation sites is 1. The third-order valence-electron chi connectivity index (χ3n) is 4.36. The molecule has 1 unspecified atom stereocenters. The van der Waals surface area contributed by atoms with Crippen molar-refractivity contribution in [2.75, 3.05) is 17.2 Å². The maximum atomic E-state index is 13.1. The molecule has 4 heteroatoms. The number of carbonyl (C=O) groups excluding carboxylic acids is 1. The van der Waals surface area contributed by atoms with Crippen molar-refractivity contribution in [2.24, 2.45) is 0 Å². The second-order valence-electron chi connectivity index (χ2n) is 5.92. The van der Waals surface area contributed by atoms with Gasteiger partial charge >= 0.3 is 0 Å². The van der Waals surface area contributed by atoms with Crippen molar-refractivity contribution in [1.82, 2.24) is 0 Å². The van der Waals surface area contributed by atoms with Crippen LogP contribution in [-0.4, -0.2) is 22.4 Å². The lowest BCUT2D eigenvalue weighted by Gasteiger charge is -2.29. The minimum Gasteiger partial charge on any atom is -0.306 e. The Kier molecular flexibility index (Phi) is 4.20. The smallest absolute Gasteiger partial charge is 0.258 e. The maximum absolute atomic E-state index is 13.1.